The highest BCUT2D eigenvalue weighted by Crippen LogP contribution is 2.20. The van der Waals surface area contributed by atoms with E-state index in [9.17, 15) is 4.79 Å². The van der Waals surface area contributed by atoms with Crippen molar-refractivity contribution in [2.24, 2.45) is 11.5 Å². The highest BCUT2D eigenvalue weighted by Gasteiger charge is 2.10. The average Bonchev–Trinajstić information content (AvgIpc) is 2.81. The summed E-state index contributed by atoms with van der Waals surface area (Å²) in [6, 6.07) is 6.97. The van der Waals surface area contributed by atoms with Gasteiger partial charge >= 0.3 is 6.09 Å². The fourth-order valence-electron chi connectivity index (χ4n) is 1.61. The molecule has 1 heterocycles. The molecular weight excluding hydrogens is 250 g/mol. The van der Waals surface area contributed by atoms with Crippen LogP contribution in [0.2, 0.25) is 0 Å². The first-order valence-corrected chi connectivity index (χ1v) is 6.24. The van der Waals surface area contributed by atoms with E-state index < -0.39 is 6.09 Å². The Bertz CT molecular complexity index is 528. The second kappa shape index (κ2) is 5.61. The van der Waals surface area contributed by atoms with Crippen molar-refractivity contribution in [1.29, 1.82) is 0 Å². The summed E-state index contributed by atoms with van der Waals surface area (Å²) < 4.78 is 4.81. The quantitative estimate of drug-likeness (QED) is 0.880. The molecule has 1 aromatic heterocycles. The molecule has 94 valence electrons. The van der Waals surface area contributed by atoms with E-state index in [1.54, 1.807) is 24.4 Å². The maximum absolute atomic E-state index is 10.7. The summed E-state index contributed by atoms with van der Waals surface area (Å²) in [5.74, 6) is 0.423. The summed E-state index contributed by atoms with van der Waals surface area (Å²) >= 11 is 1.52. The molecule has 0 fully saturated rings. The summed E-state index contributed by atoms with van der Waals surface area (Å²) in [5.41, 5.74) is 12.0. The number of ether oxygens (including phenoxy) is 1. The van der Waals surface area contributed by atoms with Crippen molar-refractivity contribution in [3.8, 4) is 5.75 Å². The normalized spacial score (nSPS) is 12.1. The standard InChI is InChI=1S/C12H13N3O2S/c13-10(11-15-4-5-18-11)7-8-2-1-3-9(6-8)17-12(14)16/h1-6,10H,7,13H2,(H2,14,16). The predicted molar refractivity (Wildman–Crippen MR) is 69.4 cm³/mol. The van der Waals surface area contributed by atoms with E-state index in [2.05, 4.69) is 4.98 Å². The Morgan fingerprint density at radius 1 is 1.50 bits per heavy atom. The summed E-state index contributed by atoms with van der Waals surface area (Å²) in [5, 5.41) is 2.78. The monoisotopic (exact) mass is 263 g/mol. The smallest absolute Gasteiger partial charge is 0.409 e. The second-order valence-electron chi connectivity index (χ2n) is 3.75. The van der Waals surface area contributed by atoms with Gasteiger partial charge < -0.3 is 16.2 Å². The number of rotatable bonds is 4. The first-order chi connectivity index (χ1) is 8.65. The van der Waals surface area contributed by atoms with Crippen LogP contribution in [0.4, 0.5) is 4.79 Å². The lowest BCUT2D eigenvalue weighted by Gasteiger charge is -2.09. The van der Waals surface area contributed by atoms with E-state index in [0.29, 0.717) is 12.2 Å². The van der Waals surface area contributed by atoms with Crippen molar-refractivity contribution in [3.05, 3.63) is 46.4 Å². The van der Waals surface area contributed by atoms with Crippen LogP contribution in [0, 0.1) is 0 Å². The molecule has 1 unspecified atom stereocenters. The van der Waals surface area contributed by atoms with Crippen molar-refractivity contribution < 1.29 is 9.53 Å². The number of thiazole rings is 1. The molecule has 1 amide bonds. The minimum absolute atomic E-state index is 0.158. The highest BCUT2D eigenvalue weighted by atomic mass is 32.1. The SMILES string of the molecule is NC(=O)Oc1cccc(CC(N)c2nccs2)c1. The Morgan fingerprint density at radius 3 is 3.00 bits per heavy atom. The van der Waals surface area contributed by atoms with Crippen molar-refractivity contribution >= 4 is 17.4 Å². The molecule has 1 aromatic carbocycles. The van der Waals surface area contributed by atoms with Crippen LogP contribution in [-0.4, -0.2) is 11.1 Å². The number of carbonyl (C=O) groups is 1. The van der Waals surface area contributed by atoms with Crippen LogP contribution in [0.3, 0.4) is 0 Å². The molecule has 0 aliphatic heterocycles. The van der Waals surface area contributed by atoms with Gasteiger partial charge in [-0.05, 0) is 24.1 Å². The number of primary amides is 1. The Labute approximate surface area is 108 Å². The first-order valence-electron chi connectivity index (χ1n) is 5.36. The molecule has 5 nitrogen and oxygen atoms in total. The van der Waals surface area contributed by atoms with Crippen molar-refractivity contribution in [1.82, 2.24) is 4.98 Å². The molecule has 18 heavy (non-hydrogen) atoms. The van der Waals surface area contributed by atoms with Gasteiger partial charge in [0.2, 0.25) is 0 Å². The second-order valence-corrected chi connectivity index (χ2v) is 4.68. The molecule has 2 rings (SSSR count). The Balaban J connectivity index is 2.07. The van der Waals surface area contributed by atoms with Gasteiger partial charge in [0.05, 0.1) is 6.04 Å². The number of aromatic nitrogens is 1. The van der Waals surface area contributed by atoms with Gasteiger partial charge in [0.1, 0.15) is 10.8 Å². The van der Waals surface area contributed by atoms with Crippen LogP contribution >= 0.6 is 11.3 Å². The zero-order valence-electron chi connectivity index (χ0n) is 9.58. The number of benzene rings is 1. The molecule has 0 bridgehead atoms. The van der Waals surface area contributed by atoms with Gasteiger partial charge in [-0.2, -0.15) is 0 Å². The minimum atomic E-state index is -0.823. The van der Waals surface area contributed by atoms with Crippen LogP contribution in [-0.2, 0) is 6.42 Å². The molecule has 0 spiro atoms. The van der Waals surface area contributed by atoms with Crippen LogP contribution in [0.25, 0.3) is 0 Å². The van der Waals surface area contributed by atoms with E-state index in [4.69, 9.17) is 16.2 Å². The predicted octanol–water partition coefficient (Wildman–Crippen LogP) is 1.84. The van der Waals surface area contributed by atoms with Crippen LogP contribution in [0.1, 0.15) is 16.6 Å². The number of hydrogen-bond acceptors (Lipinski definition) is 5. The number of nitrogens with zero attached hydrogens (tertiary/aromatic N) is 1. The molecule has 0 aliphatic rings. The first kappa shape index (κ1) is 12.5. The fourth-order valence-corrected chi connectivity index (χ4v) is 2.25. The van der Waals surface area contributed by atoms with Gasteiger partial charge in [0, 0.05) is 11.6 Å². The number of amides is 1. The molecule has 0 aliphatic carbocycles. The summed E-state index contributed by atoms with van der Waals surface area (Å²) in [6.07, 6.45) is 1.53. The third-order valence-electron chi connectivity index (χ3n) is 2.34. The van der Waals surface area contributed by atoms with Crippen LogP contribution < -0.4 is 16.2 Å². The van der Waals surface area contributed by atoms with E-state index in [0.717, 1.165) is 10.6 Å². The maximum Gasteiger partial charge on any atom is 0.409 e. The minimum Gasteiger partial charge on any atom is -0.410 e. The lowest BCUT2D eigenvalue weighted by Crippen LogP contribution is -2.16. The molecule has 6 heteroatoms. The molecule has 1 atom stereocenters. The van der Waals surface area contributed by atoms with Gasteiger partial charge in [0.25, 0.3) is 0 Å². The maximum atomic E-state index is 10.7. The molecule has 0 saturated heterocycles. The third kappa shape index (κ3) is 3.28. The van der Waals surface area contributed by atoms with Crippen LogP contribution in [0.5, 0.6) is 5.75 Å². The Morgan fingerprint density at radius 2 is 2.33 bits per heavy atom. The largest absolute Gasteiger partial charge is 0.410 e. The molecular formula is C12H13N3O2S. The topological polar surface area (TPSA) is 91.2 Å². The van der Waals surface area contributed by atoms with Gasteiger partial charge in [-0.15, -0.1) is 11.3 Å². The van der Waals surface area contributed by atoms with E-state index in [1.807, 2.05) is 11.4 Å². The van der Waals surface area contributed by atoms with E-state index in [-0.39, 0.29) is 6.04 Å². The number of hydrogen-bond donors (Lipinski definition) is 2. The van der Waals surface area contributed by atoms with Crippen molar-refractivity contribution in [2.75, 3.05) is 0 Å². The zero-order valence-corrected chi connectivity index (χ0v) is 10.4. The third-order valence-corrected chi connectivity index (χ3v) is 3.25. The zero-order chi connectivity index (χ0) is 13.0. The van der Waals surface area contributed by atoms with E-state index in [1.165, 1.54) is 11.3 Å². The number of carbonyl (C=O) groups excluding carboxylic acids is 1. The van der Waals surface area contributed by atoms with E-state index >= 15 is 0 Å². The molecule has 4 N–H and O–H groups in total. The summed E-state index contributed by atoms with van der Waals surface area (Å²) in [7, 11) is 0. The van der Waals surface area contributed by atoms with Crippen LogP contribution in [0.15, 0.2) is 35.8 Å². The average molecular weight is 263 g/mol. The number of nitrogens with two attached hydrogens (primary N) is 2. The van der Waals surface area contributed by atoms with Gasteiger partial charge in [-0.1, -0.05) is 12.1 Å². The van der Waals surface area contributed by atoms with Gasteiger partial charge in [-0.25, -0.2) is 9.78 Å². The lowest BCUT2D eigenvalue weighted by molar-refractivity contribution is 0.211. The van der Waals surface area contributed by atoms with Crippen molar-refractivity contribution in [2.45, 2.75) is 12.5 Å². The Hall–Kier alpha value is -1.92. The molecule has 2 aromatic rings. The van der Waals surface area contributed by atoms with Crippen molar-refractivity contribution in [3.63, 3.8) is 0 Å². The van der Waals surface area contributed by atoms with Gasteiger partial charge in [0.15, 0.2) is 0 Å². The Kier molecular flexibility index (Phi) is 3.91. The summed E-state index contributed by atoms with van der Waals surface area (Å²) in [6.45, 7) is 0. The molecule has 0 saturated carbocycles. The highest BCUT2D eigenvalue weighted by molar-refractivity contribution is 7.09. The fraction of sp³-hybridized carbons (Fsp3) is 0.167. The lowest BCUT2D eigenvalue weighted by atomic mass is 10.1. The van der Waals surface area contributed by atoms with Gasteiger partial charge in [-0.3, -0.25) is 0 Å². The summed E-state index contributed by atoms with van der Waals surface area (Å²) in [4.78, 5) is 14.8. The molecule has 0 radical (unpaired) electrons.